The molecule has 1 aliphatic carbocycles. The van der Waals surface area contributed by atoms with Crippen LogP contribution in [0.5, 0.6) is 5.75 Å². The van der Waals surface area contributed by atoms with Crippen LogP contribution >= 0.6 is 0 Å². The Morgan fingerprint density at radius 3 is 2.64 bits per heavy atom. The van der Waals surface area contributed by atoms with E-state index >= 15 is 0 Å². The molecule has 1 unspecified atom stereocenters. The van der Waals surface area contributed by atoms with E-state index in [4.69, 9.17) is 14.2 Å². The molecule has 0 bridgehead atoms. The molecule has 5 atom stereocenters. The third-order valence-electron chi connectivity index (χ3n) is 8.45. The molecule has 1 saturated carbocycles. The van der Waals surface area contributed by atoms with E-state index in [0.29, 0.717) is 31.4 Å². The highest BCUT2D eigenvalue weighted by Crippen LogP contribution is 2.48. The van der Waals surface area contributed by atoms with E-state index in [1.54, 1.807) is 33.0 Å². The second-order valence-electron chi connectivity index (χ2n) is 12.8. The van der Waals surface area contributed by atoms with Crippen LogP contribution in [0.4, 0.5) is 4.79 Å². The molecule has 1 aromatic carbocycles. The van der Waals surface area contributed by atoms with Gasteiger partial charge in [0.25, 0.3) is 0 Å². The zero-order valence-electron chi connectivity index (χ0n) is 25.8. The van der Waals surface area contributed by atoms with Gasteiger partial charge in [-0.25, -0.2) is 9.59 Å². The van der Waals surface area contributed by atoms with Crippen molar-refractivity contribution in [3.05, 3.63) is 48.7 Å². The van der Waals surface area contributed by atoms with Gasteiger partial charge in [0.2, 0.25) is 11.8 Å². The van der Waals surface area contributed by atoms with E-state index in [0.717, 1.165) is 23.7 Å². The van der Waals surface area contributed by atoms with Crippen LogP contribution in [0.2, 0.25) is 0 Å². The Bertz CT molecular complexity index is 1430. The van der Waals surface area contributed by atoms with E-state index < -0.39 is 53.2 Å². The van der Waals surface area contributed by atoms with Crippen molar-refractivity contribution < 1.29 is 33.4 Å². The minimum atomic E-state index is -1.12. The second-order valence-corrected chi connectivity index (χ2v) is 12.8. The van der Waals surface area contributed by atoms with Crippen LogP contribution in [0.3, 0.4) is 0 Å². The van der Waals surface area contributed by atoms with Gasteiger partial charge < -0.3 is 29.7 Å². The first-order chi connectivity index (χ1) is 21.0. The molecule has 2 fully saturated rings. The lowest BCUT2D eigenvalue weighted by Crippen LogP contribution is -2.56. The van der Waals surface area contributed by atoms with E-state index in [1.807, 2.05) is 24.3 Å². The molecular formula is C33H42N4O7. The Labute approximate surface area is 257 Å². The predicted octanol–water partition coefficient (Wildman–Crippen LogP) is 4.04. The minimum Gasteiger partial charge on any atom is -0.488 e. The van der Waals surface area contributed by atoms with Crippen molar-refractivity contribution in [2.45, 2.75) is 95.0 Å². The largest absolute Gasteiger partial charge is 0.488 e. The van der Waals surface area contributed by atoms with Crippen LogP contribution in [-0.4, -0.2) is 76.7 Å². The number of hydrogen-bond donors (Lipinski definition) is 2. The van der Waals surface area contributed by atoms with Crippen molar-refractivity contribution >= 4 is 34.8 Å². The molecule has 2 aliphatic heterocycles. The molecule has 5 rings (SSSR count). The van der Waals surface area contributed by atoms with Gasteiger partial charge in [0.15, 0.2) is 0 Å². The summed E-state index contributed by atoms with van der Waals surface area (Å²) in [5.74, 6) is -0.797. The Hall–Kier alpha value is -4.15. The lowest BCUT2D eigenvalue weighted by atomic mass is 10.1. The number of ether oxygens (including phenoxy) is 3. The molecule has 11 heteroatoms. The summed E-state index contributed by atoms with van der Waals surface area (Å²) < 4.78 is 17.0. The number of amides is 3. The van der Waals surface area contributed by atoms with Gasteiger partial charge in [0.05, 0.1) is 19.2 Å². The molecule has 0 spiro atoms. The van der Waals surface area contributed by atoms with Crippen molar-refractivity contribution in [2.75, 3.05) is 13.7 Å². The highest BCUT2D eigenvalue weighted by Gasteiger charge is 2.62. The summed E-state index contributed by atoms with van der Waals surface area (Å²) in [6, 6.07) is 7.51. The van der Waals surface area contributed by atoms with E-state index in [-0.39, 0.29) is 18.9 Å². The number of aromatic nitrogens is 1. The molecule has 11 nitrogen and oxygen atoms in total. The molecule has 2 N–H and O–H groups in total. The van der Waals surface area contributed by atoms with Gasteiger partial charge in [-0.2, -0.15) is 0 Å². The fraction of sp³-hybridized carbons (Fsp3) is 0.545. The number of nitrogens with one attached hydrogen (secondary N) is 2. The van der Waals surface area contributed by atoms with Crippen LogP contribution in [-0.2, 0) is 23.9 Å². The summed E-state index contributed by atoms with van der Waals surface area (Å²) in [5, 5.41) is 6.54. The van der Waals surface area contributed by atoms with Crippen molar-refractivity contribution in [2.24, 2.45) is 5.92 Å². The number of methoxy groups -OCH3 is 1. The Morgan fingerprint density at radius 2 is 1.86 bits per heavy atom. The fourth-order valence-corrected chi connectivity index (χ4v) is 6.22. The molecule has 3 heterocycles. The first-order valence-electron chi connectivity index (χ1n) is 15.4. The molecule has 1 aromatic heterocycles. The van der Waals surface area contributed by atoms with E-state index in [1.165, 1.54) is 12.0 Å². The summed E-state index contributed by atoms with van der Waals surface area (Å²) in [7, 11) is 1.31. The molecule has 3 amide bonds. The van der Waals surface area contributed by atoms with Crippen molar-refractivity contribution in [1.82, 2.24) is 20.5 Å². The Kier molecular flexibility index (Phi) is 9.12. The molecule has 0 radical (unpaired) electrons. The van der Waals surface area contributed by atoms with Gasteiger partial charge in [-0.05, 0) is 83.4 Å². The maximum Gasteiger partial charge on any atom is 0.408 e. The smallest absolute Gasteiger partial charge is 0.408 e. The summed E-state index contributed by atoms with van der Waals surface area (Å²) in [6.07, 6.45) is 8.43. The molecule has 44 heavy (non-hydrogen) atoms. The number of pyridine rings is 1. The second kappa shape index (κ2) is 12.8. The SMILES string of the molecule is COC(=O)[C@@]12C[C@H]1CC/C=C/CCC[C@H](NC(=O)OC(C)(C)C)C(=O)N1CC(Oc3ccnc4ccccc34)C[C@H]1C(=O)N2. The summed E-state index contributed by atoms with van der Waals surface area (Å²) in [5.41, 5.74) is -1.11. The molecule has 236 valence electrons. The van der Waals surface area contributed by atoms with Gasteiger partial charge in [0.1, 0.15) is 35.1 Å². The van der Waals surface area contributed by atoms with Gasteiger partial charge >= 0.3 is 12.1 Å². The third kappa shape index (κ3) is 6.97. The maximum absolute atomic E-state index is 14.2. The number of fused-ring (bicyclic) bond motifs is 3. The number of allylic oxidation sites excluding steroid dienone is 2. The van der Waals surface area contributed by atoms with Crippen molar-refractivity contribution in [3.8, 4) is 5.75 Å². The summed E-state index contributed by atoms with van der Waals surface area (Å²) in [6.45, 7) is 5.38. The van der Waals surface area contributed by atoms with Gasteiger partial charge in [0, 0.05) is 18.0 Å². The molecule has 2 aromatic rings. The quantitative estimate of drug-likeness (QED) is 0.393. The maximum atomic E-state index is 14.2. The Balaban J connectivity index is 1.44. The zero-order valence-corrected chi connectivity index (χ0v) is 25.8. The van der Waals surface area contributed by atoms with Crippen molar-refractivity contribution in [1.29, 1.82) is 0 Å². The number of hydrogen-bond acceptors (Lipinski definition) is 8. The van der Waals surface area contributed by atoms with Crippen molar-refractivity contribution in [3.63, 3.8) is 0 Å². The number of nitrogens with zero attached hydrogens (tertiary/aromatic N) is 2. The van der Waals surface area contributed by atoms with Gasteiger partial charge in [-0.3, -0.25) is 14.6 Å². The monoisotopic (exact) mass is 606 g/mol. The topological polar surface area (TPSA) is 136 Å². The number of carbonyl (C=O) groups is 4. The number of para-hydroxylation sites is 1. The highest BCUT2D eigenvalue weighted by atomic mass is 16.6. The molecule has 1 saturated heterocycles. The van der Waals surface area contributed by atoms with E-state index in [9.17, 15) is 19.2 Å². The minimum absolute atomic E-state index is 0.0592. The third-order valence-corrected chi connectivity index (χ3v) is 8.45. The molecule has 3 aliphatic rings. The predicted molar refractivity (Wildman–Crippen MR) is 163 cm³/mol. The average Bonchev–Trinajstić information content (AvgIpc) is 3.50. The van der Waals surface area contributed by atoms with E-state index in [2.05, 4.69) is 27.8 Å². The number of rotatable bonds is 4. The van der Waals surface area contributed by atoms with Crippen LogP contribution < -0.4 is 15.4 Å². The normalized spacial score (nSPS) is 28.4. The van der Waals surface area contributed by atoms with Gasteiger partial charge in [-0.15, -0.1) is 0 Å². The number of esters is 1. The highest BCUT2D eigenvalue weighted by molar-refractivity contribution is 5.96. The standard InChI is InChI=1S/C33H42N4O7/c1-32(2,3)44-31(41)35-25-15-9-7-5-6-8-12-21-19-33(21,30(40)42-4)36-28(38)26-18-22(20-37(26)29(25)39)43-27-16-17-34-24-14-11-10-13-23(24)27/h5-6,10-11,13-14,16-17,21-22,25-26H,7-9,12,15,18-20H2,1-4H3,(H,35,41)(H,36,38)/b6-5+/t21-,22?,25+,26+,33-/m1/s1. The number of alkyl carbamates (subject to hydrolysis) is 1. The van der Waals surface area contributed by atoms with Crippen LogP contribution in [0, 0.1) is 5.92 Å². The zero-order chi connectivity index (χ0) is 31.5. The fourth-order valence-electron chi connectivity index (χ4n) is 6.22. The van der Waals surface area contributed by atoms with Crippen LogP contribution in [0.15, 0.2) is 48.7 Å². The lowest BCUT2D eigenvalue weighted by molar-refractivity contribution is -0.148. The lowest BCUT2D eigenvalue weighted by Gasteiger charge is -2.30. The molecular weight excluding hydrogens is 564 g/mol. The number of benzene rings is 1. The summed E-state index contributed by atoms with van der Waals surface area (Å²) >= 11 is 0. The van der Waals surface area contributed by atoms with Crippen LogP contribution in [0.25, 0.3) is 10.9 Å². The Morgan fingerprint density at radius 1 is 1.09 bits per heavy atom. The van der Waals surface area contributed by atoms with Crippen LogP contribution in [0.1, 0.15) is 65.7 Å². The number of carbonyl (C=O) groups excluding carboxylic acids is 4. The first kappa shape index (κ1) is 31.3. The average molecular weight is 607 g/mol. The first-order valence-corrected chi connectivity index (χ1v) is 15.4. The summed E-state index contributed by atoms with van der Waals surface area (Å²) in [4.78, 5) is 59.7. The van der Waals surface area contributed by atoms with Gasteiger partial charge in [-0.1, -0.05) is 24.3 Å².